The summed E-state index contributed by atoms with van der Waals surface area (Å²) in [7, 11) is 2.89. The molecule has 0 N–H and O–H groups in total. The maximum absolute atomic E-state index is 13.7. The summed E-state index contributed by atoms with van der Waals surface area (Å²) in [6, 6.07) is 3.22. The Morgan fingerprint density at radius 1 is 1.29 bits per heavy atom. The molecular weight excluding hydrogens is 290 g/mol. The van der Waals surface area contributed by atoms with E-state index >= 15 is 0 Å². The number of hydrogen-bond donors (Lipinski definition) is 0. The number of carbonyl (C=O) groups is 1. The zero-order valence-corrected chi connectivity index (χ0v) is 11.1. The Labute approximate surface area is 117 Å². The molecule has 0 bridgehead atoms. The third kappa shape index (κ3) is 2.88. The number of aryl methyl sites for hydroxylation is 1. The zero-order chi connectivity index (χ0) is 15.8. The lowest BCUT2D eigenvalue weighted by molar-refractivity contribution is -0.137. The van der Waals surface area contributed by atoms with Crippen LogP contribution in [-0.4, -0.2) is 22.7 Å². The molecule has 0 radical (unpaired) electrons. The fraction of sp³-hybridized carbons (Fsp3) is 0.231. The number of alkyl halides is 3. The first-order chi connectivity index (χ1) is 9.71. The molecular formula is C13H11F4N3O. The van der Waals surface area contributed by atoms with Crippen molar-refractivity contribution in [2.24, 2.45) is 7.05 Å². The fourth-order valence-electron chi connectivity index (χ4n) is 1.85. The summed E-state index contributed by atoms with van der Waals surface area (Å²) in [4.78, 5) is 13.2. The summed E-state index contributed by atoms with van der Waals surface area (Å²) in [5.74, 6) is -1.57. The lowest BCUT2D eigenvalue weighted by Crippen LogP contribution is -2.29. The second-order valence-corrected chi connectivity index (χ2v) is 4.37. The van der Waals surface area contributed by atoms with Gasteiger partial charge in [0.1, 0.15) is 11.6 Å². The third-order valence-electron chi connectivity index (χ3n) is 2.97. The molecule has 0 unspecified atom stereocenters. The van der Waals surface area contributed by atoms with Crippen molar-refractivity contribution in [1.29, 1.82) is 0 Å². The van der Waals surface area contributed by atoms with Crippen LogP contribution in [0.1, 0.15) is 15.9 Å². The highest BCUT2D eigenvalue weighted by molar-refractivity contribution is 6.05. The van der Waals surface area contributed by atoms with E-state index in [1.807, 2.05) is 0 Å². The predicted molar refractivity (Wildman–Crippen MR) is 67.3 cm³/mol. The van der Waals surface area contributed by atoms with E-state index in [0.717, 1.165) is 4.90 Å². The summed E-state index contributed by atoms with van der Waals surface area (Å²) >= 11 is 0. The fourth-order valence-corrected chi connectivity index (χ4v) is 1.85. The number of rotatable bonds is 2. The Morgan fingerprint density at radius 3 is 2.48 bits per heavy atom. The van der Waals surface area contributed by atoms with Gasteiger partial charge in [-0.3, -0.25) is 14.4 Å². The van der Waals surface area contributed by atoms with Gasteiger partial charge < -0.3 is 0 Å². The van der Waals surface area contributed by atoms with Gasteiger partial charge in [-0.25, -0.2) is 4.39 Å². The van der Waals surface area contributed by atoms with E-state index in [1.165, 1.54) is 24.0 Å². The first kappa shape index (κ1) is 15.0. The van der Waals surface area contributed by atoms with Crippen molar-refractivity contribution >= 4 is 11.7 Å². The molecule has 1 amide bonds. The van der Waals surface area contributed by atoms with Crippen molar-refractivity contribution < 1.29 is 22.4 Å². The molecule has 0 spiro atoms. The highest BCUT2D eigenvalue weighted by Gasteiger charge is 2.32. The van der Waals surface area contributed by atoms with Crippen molar-refractivity contribution in [3.05, 3.63) is 47.4 Å². The third-order valence-corrected chi connectivity index (χ3v) is 2.97. The number of halogens is 4. The molecule has 0 saturated heterocycles. The van der Waals surface area contributed by atoms with Gasteiger partial charge in [0.25, 0.3) is 5.91 Å². The van der Waals surface area contributed by atoms with E-state index in [1.54, 1.807) is 7.05 Å². The van der Waals surface area contributed by atoms with Crippen LogP contribution in [0.4, 0.5) is 23.4 Å². The van der Waals surface area contributed by atoms with Gasteiger partial charge in [-0.1, -0.05) is 0 Å². The van der Waals surface area contributed by atoms with Crippen LogP contribution in [0.5, 0.6) is 0 Å². The van der Waals surface area contributed by atoms with E-state index in [9.17, 15) is 22.4 Å². The van der Waals surface area contributed by atoms with Crippen LogP contribution in [0.2, 0.25) is 0 Å². The molecule has 0 atom stereocenters. The van der Waals surface area contributed by atoms with Gasteiger partial charge in [0.05, 0.1) is 17.3 Å². The van der Waals surface area contributed by atoms with Gasteiger partial charge in [-0.15, -0.1) is 0 Å². The Morgan fingerprint density at radius 2 is 1.95 bits per heavy atom. The zero-order valence-electron chi connectivity index (χ0n) is 11.1. The first-order valence-corrected chi connectivity index (χ1v) is 5.84. The van der Waals surface area contributed by atoms with E-state index < -0.39 is 29.0 Å². The summed E-state index contributed by atoms with van der Waals surface area (Å²) in [6.07, 6.45) is -3.23. The number of nitrogens with zero attached hydrogens (tertiary/aromatic N) is 3. The van der Waals surface area contributed by atoms with Crippen LogP contribution >= 0.6 is 0 Å². The van der Waals surface area contributed by atoms with Gasteiger partial charge in [0.2, 0.25) is 0 Å². The van der Waals surface area contributed by atoms with Crippen molar-refractivity contribution in [2.75, 3.05) is 11.9 Å². The lowest BCUT2D eigenvalue weighted by atomic mass is 10.1. The second kappa shape index (κ2) is 5.19. The van der Waals surface area contributed by atoms with Crippen molar-refractivity contribution in [1.82, 2.24) is 9.78 Å². The smallest absolute Gasteiger partial charge is 0.296 e. The summed E-state index contributed by atoms with van der Waals surface area (Å²) in [5, 5.41) is 3.84. The highest BCUT2D eigenvalue weighted by atomic mass is 19.4. The maximum atomic E-state index is 13.7. The summed E-state index contributed by atoms with van der Waals surface area (Å²) < 4.78 is 52.9. The SMILES string of the molecule is CN(C(=O)c1cc(C(F)(F)F)ccc1F)c1ccnn1C. The minimum atomic E-state index is -4.65. The predicted octanol–water partition coefficient (Wildman–Crippen LogP) is 2.85. The summed E-state index contributed by atoms with van der Waals surface area (Å²) in [6.45, 7) is 0. The van der Waals surface area contributed by atoms with Crippen molar-refractivity contribution in [2.45, 2.75) is 6.18 Å². The van der Waals surface area contributed by atoms with Crippen molar-refractivity contribution in [3.8, 4) is 0 Å². The van der Waals surface area contributed by atoms with Crippen LogP contribution in [0.3, 0.4) is 0 Å². The minimum Gasteiger partial charge on any atom is -0.296 e. The molecule has 21 heavy (non-hydrogen) atoms. The van der Waals surface area contributed by atoms with E-state index in [4.69, 9.17) is 0 Å². The highest BCUT2D eigenvalue weighted by Crippen LogP contribution is 2.30. The Kier molecular flexibility index (Phi) is 3.71. The van der Waals surface area contributed by atoms with Crippen LogP contribution < -0.4 is 4.90 Å². The summed E-state index contributed by atoms with van der Waals surface area (Å²) in [5.41, 5.74) is -1.72. The number of anilines is 1. The second-order valence-electron chi connectivity index (χ2n) is 4.37. The molecule has 0 aliphatic heterocycles. The Bertz CT molecular complexity index is 678. The van der Waals surface area contributed by atoms with E-state index in [0.29, 0.717) is 24.0 Å². The monoisotopic (exact) mass is 301 g/mol. The minimum absolute atomic E-state index is 0.330. The van der Waals surface area contributed by atoms with Gasteiger partial charge in [0, 0.05) is 20.2 Å². The van der Waals surface area contributed by atoms with Crippen LogP contribution in [0.15, 0.2) is 30.5 Å². The number of carbonyl (C=O) groups excluding carboxylic acids is 1. The van der Waals surface area contributed by atoms with Crippen LogP contribution in [0.25, 0.3) is 0 Å². The molecule has 8 heteroatoms. The van der Waals surface area contributed by atoms with Gasteiger partial charge in [-0.05, 0) is 18.2 Å². The molecule has 2 aromatic rings. The Balaban J connectivity index is 2.42. The normalized spacial score (nSPS) is 11.5. The molecule has 0 aliphatic carbocycles. The Hall–Kier alpha value is -2.38. The average molecular weight is 301 g/mol. The van der Waals surface area contributed by atoms with Gasteiger partial charge in [0.15, 0.2) is 0 Å². The number of hydrogen-bond acceptors (Lipinski definition) is 2. The molecule has 0 saturated carbocycles. The van der Waals surface area contributed by atoms with Crippen LogP contribution in [-0.2, 0) is 13.2 Å². The molecule has 1 heterocycles. The lowest BCUT2D eigenvalue weighted by Gasteiger charge is -2.18. The number of amides is 1. The molecule has 1 aromatic carbocycles. The molecule has 2 rings (SSSR count). The number of aromatic nitrogens is 2. The quantitative estimate of drug-likeness (QED) is 0.800. The molecule has 112 valence electrons. The number of benzene rings is 1. The molecule has 1 aromatic heterocycles. The van der Waals surface area contributed by atoms with E-state index in [-0.39, 0.29) is 0 Å². The first-order valence-electron chi connectivity index (χ1n) is 5.84. The van der Waals surface area contributed by atoms with Gasteiger partial charge in [-0.2, -0.15) is 18.3 Å². The largest absolute Gasteiger partial charge is 0.416 e. The topological polar surface area (TPSA) is 38.1 Å². The molecule has 4 nitrogen and oxygen atoms in total. The molecule has 0 aliphatic rings. The van der Waals surface area contributed by atoms with E-state index in [2.05, 4.69) is 5.10 Å². The van der Waals surface area contributed by atoms with Crippen molar-refractivity contribution in [3.63, 3.8) is 0 Å². The maximum Gasteiger partial charge on any atom is 0.416 e. The van der Waals surface area contributed by atoms with Crippen LogP contribution in [0, 0.1) is 5.82 Å². The molecule has 0 fully saturated rings. The standard InChI is InChI=1S/C13H11F4N3O/c1-19(11-5-6-18-20(11)2)12(21)9-7-8(13(15,16)17)3-4-10(9)14/h3-7H,1-2H3. The van der Waals surface area contributed by atoms with Gasteiger partial charge >= 0.3 is 6.18 Å². The average Bonchev–Trinajstić information content (AvgIpc) is 2.82.